The van der Waals surface area contributed by atoms with Gasteiger partial charge in [-0.15, -0.1) is 0 Å². The van der Waals surface area contributed by atoms with Crippen LogP contribution < -0.4 is 10.1 Å². The highest BCUT2D eigenvalue weighted by Crippen LogP contribution is 2.35. The number of amides is 2. The molecule has 1 N–H and O–H groups in total. The van der Waals surface area contributed by atoms with Crippen molar-refractivity contribution >= 4 is 51.4 Å². The molecule has 0 spiro atoms. The molecule has 0 radical (unpaired) electrons. The lowest BCUT2D eigenvalue weighted by Gasteiger charge is -2.07. The Balaban J connectivity index is 1.38. The molecule has 1 aliphatic rings. The van der Waals surface area contributed by atoms with E-state index in [2.05, 4.69) is 10.3 Å². The van der Waals surface area contributed by atoms with E-state index in [1.165, 1.54) is 11.8 Å². The smallest absolute Gasteiger partial charge is 0.266 e. The first-order valence-electron chi connectivity index (χ1n) is 11.3. The van der Waals surface area contributed by atoms with E-state index in [0.717, 1.165) is 27.9 Å². The number of para-hydroxylation sites is 1. The number of aliphatic imine (C=N–C) groups is 1. The highest BCUT2D eigenvalue weighted by Gasteiger charge is 2.30. The molecule has 1 fully saturated rings. The van der Waals surface area contributed by atoms with E-state index in [4.69, 9.17) is 9.15 Å². The molecule has 1 saturated heterocycles. The van der Waals surface area contributed by atoms with Crippen molar-refractivity contribution in [3.05, 3.63) is 89.4 Å². The molecule has 1 aliphatic heterocycles. The number of hydrogen-bond donors (Lipinski definition) is 1. The Morgan fingerprint density at radius 3 is 2.69 bits per heavy atom. The second-order valence-electron chi connectivity index (χ2n) is 8.15. The minimum atomic E-state index is -0.133. The molecular formula is C27H24N4O4S. The predicted octanol–water partition coefficient (Wildman–Crippen LogP) is 4.79. The minimum Gasteiger partial charge on any atom is -0.497 e. The first-order chi connectivity index (χ1) is 17.5. The molecule has 0 unspecified atom stereocenters. The van der Waals surface area contributed by atoms with Crippen LogP contribution in [0.4, 0.5) is 5.69 Å². The molecule has 3 heterocycles. The third-order valence-electron chi connectivity index (χ3n) is 5.76. The second-order valence-corrected chi connectivity index (χ2v) is 9.16. The summed E-state index contributed by atoms with van der Waals surface area (Å²) in [6.07, 6.45) is 5.34. The monoisotopic (exact) mass is 500 g/mol. The number of thioether (sulfide) groups is 1. The molecule has 4 aromatic rings. The van der Waals surface area contributed by atoms with Gasteiger partial charge >= 0.3 is 0 Å². The van der Waals surface area contributed by atoms with Crippen molar-refractivity contribution in [2.75, 3.05) is 14.2 Å². The maximum absolute atomic E-state index is 13.0. The number of fused-ring (bicyclic) bond motifs is 1. The van der Waals surface area contributed by atoms with Crippen LogP contribution in [0.2, 0.25) is 0 Å². The summed E-state index contributed by atoms with van der Waals surface area (Å²) in [5.41, 5.74) is 2.50. The van der Waals surface area contributed by atoms with Gasteiger partial charge in [-0.05, 0) is 60.3 Å². The number of carbonyl (C=O) groups excluding carboxylic acids is 2. The average molecular weight is 501 g/mol. The lowest BCUT2D eigenvalue weighted by atomic mass is 10.1. The zero-order valence-electron chi connectivity index (χ0n) is 19.8. The van der Waals surface area contributed by atoms with Crippen molar-refractivity contribution < 1.29 is 18.7 Å². The van der Waals surface area contributed by atoms with Crippen LogP contribution in [0.15, 0.2) is 87.4 Å². The number of methoxy groups -OCH3 is 1. The van der Waals surface area contributed by atoms with Crippen LogP contribution in [-0.4, -0.2) is 40.6 Å². The summed E-state index contributed by atoms with van der Waals surface area (Å²) in [4.78, 5) is 32.3. The Kier molecular flexibility index (Phi) is 6.64. The van der Waals surface area contributed by atoms with E-state index in [0.29, 0.717) is 22.4 Å². The van der Waals surface area contributed by atoms with Crippen LogP contribution in [0.1, 0.15) is 11.3 Å². The molecule has 0 atom stereocenters. The van der Waals surface area contributed by atoms with Gasteiger partial charge in [0, 0.05) is 29.7 Å². The van der Waals surface area contributed by atoms with E-state index in [1.807, 2.05) is 71.4 Å². The standard InChI is InChI=1S/C27H24N4O4S/c1-30-26(33)24(36-27(30)29-19-9-11-20(34-2)12-10-19)14-18-16-31(23-8-4-3-7-22(18)23)17-25(32)28-15-21-6-5-13-35-21/h3-14,16H,15,17H2,1-2H3,(H,28,32). The lowest BCUT2D eigenvalue weighted by molar-refractivity contribution is -0.122. The highest BCUT2D eigenvalue weighted by molar-refractivity contribution is 8.18. The lowest BCUT2D eigenvalue weighted by Crippen LogP contribution is -2.26. The van der Waals surface area contributed by atoms with Gasteiger partial charge in [0.15, 0.2) is 5.17 Å². The first kappa shape index (κ1) is 23.5. The van der Waals surface area contributed by atoms with Crippen molar-refractivity contribution in [3.8, 4) is 5.75 Å². The summed E-state index contributed by atoms with van der Waals surface area (Å²) >= 11 is 1.32. The highest BCUT2D eigenvalue weighted by atomic mass is 32.2. The Morgan fingerprint density at radius 2 is 1.94 bits per heavy atom. The Bertz CT molecular complexity index is 1470. The fraction of sp³-hybridized carbons (Fsp3) is 0.148. The Labute approximate surface area is 212 Å². The van der Waals surface area contributed by atoms with Crippen LogP contribution in [0.5, 0.6) is 5.75 Å². The van der Waals surface area contributed by atoms with Crippen LogP contribution >= 0.6 is 11.8 Å². The molecule has 0 bridgehead atoms. The van der Waals surface area contributed by atoms with Gasteiger partial charge in [-0.2, -0.15) is 0 Å². The molecule has 5 rings (SSSR count). The molecular weight excluding hydrogens is 476 g/mol. The molecule has 0 saturated carbocycles. The molecule has 36 heavy (non-hydrogen) atoms. The van der Waals surface area contributed by atoms with E-state index in [9.17, 15) is 9.59 Å². The van der Waals surface area contributed by atoms with Crippen molar-refractivity contribution in [2.24, 2.45) is 4.99 Å². The normalized spacial score (nSPS) is 15.8. The maximum Gasteiger partial charge on any atom is 0.266 e. The summed E-state index contributed by atoms with van der Waals surface area (Å²) in [6, 6.07) is 18.8. The fourth-order valence-corrected chi connectivity index (χ4v) is 4.87. The number of ether oxygens (including phenoxy) is 1. The average Bonchev–Trinajstić information content (AvgIpc) is 3.60. The number of amidine groups is 1. The van der Waals surface area contributed by atoms with Crippen molar-refractivity contribution in [2.45, 2.75) is 13.1 Å². The van der Waals surface area contributed by atoms with Crippen LogP contribution in [-0.2, 0) is 22.7 Å². The molecule has 0 aliphatic carbocycles. The van der Waals surface area contributed by atoms with Crippen molar-refractivity contribution in [3.63, 3.8) is 0 Å². The number of hydrogen-bond acceptors (Lipinski definition) is 6. The second kappa shape index (κ2) is 10.2. The first-order valence-corrected chi connectivity index (χ1v) is 12.1. The minimum absolute atomic E-state index is 0.125. The number of rotatable bonds is 7. The predicted molar refractivity (Wildman–Crippen MR) is 141 cm³/mol. The summed E-state index contributed by atoms with van der Waals surface area (Å²) in [5, 5.41) is 4.43. The summed E-state index contributed by atoms with van der Waals surface area (Å²) < 4.78 is 12.4. The largest absolute Gasteiger partial charge is 0.497 e. The van der Waals surface area contributed by atoms with Gasteiger partial charge in [0.25, 0.3) is 5.91 Å². The number of nitrogens with one attached hydrogen (secondary N) is 1. The van der Waals surface area contributed by atoms with E-state index in [1.54, 1.807) is 31.4 Å². The zero-order valence-corrected chi connectivity index (χ0v) is 20.6. The molecule has 2 aromatic carbocycles. The molecule has 2 amide bonds. The summed E-state index contributed by atoms with van der Waals surface area (Å²) in [6.45, 7) is 0.477. The van der Waals surface area contributed by atoms with Crippen molar-refractivity contribution in [1.82, 2.24) is 14.8 Å². The van der Waals surface area contributed by atoms with Gasteiger partial charge in [-0.3, -0.25) is 14.5 Å². The topological polar surface area (TPSA) is 89.1 Å². The quantitative estimate of drug-likeness (QED) is 0.369. The van der Waals surface area contributed by atoms with E-state index < -0.39 is 0 Å². The van der Waals surface area contributed by atoms with E-state index >= 15 is 0 Å². The third kappa shape index (κ3) is 4.92. The van der Waals surface area contributed by atoms with Crippen molar-refractivity contribution in [1.29, 1.82) is 0 Å². The van der Waals surface area contributed by atoms with Gasteiger partial charge in [0.1, 0.15) is 18.1 Å². The maximum atomic E-state index is 13.0. The van der Waals surface area contributed by atoms with Gasteiger partial charge < -0.3 is 19.0 Å². The molecule has 2 aromatic heterocycles. The van der Waals surface area contributed by atoms with Gasteiger partial charge in [0.05, 0.1) is 30.5 Å². The fourth-order valence-electron chi connectivity index (χ4n) is 3.89. The van der Waals surface area contributed by atoms with Gasteiger partial charge in [0.2, 0.25) is 5.91 Å². The van der Waals surface area contributed by atoms with Crippen LogP contribution in [0.3, 0.4) is 0 Å². The van der Waals surface area contributed by atoms with Crippen LogP contribution in [0, 0.1) is 0 Å². The Hall–Kier alpha value is -4.24. The summed E-state index contributed by atoms with van der Waals surface area (Å²) in [7, 11) is 3.33. The number of likely N-dealkylation sites (N-methyl/N-ethyl adjacent to an activating group) is 1. The SMILES string of the molecule is COc1ccc(N=C2SC(=Cc3cn(CC(=O)NCc4ccco4)c4ccccc34)C(=O)N2C)cc1. The third-order valence-corrected chi connectivity index (χ3v) is 6.82. The number of carbonyl (C=O) groups is 2. The summed E-state index contributed by atoms with van der Waals surface area (Å²) in [5.74, 6) is 1.18. The molecule has 8 nitrogen and oxygen atoms in total. The van der Waals surface area contributed by atoms with E-state index in [-0.39, 0.29) is 18.4 Å². The van der Waals surface area contributed by atoms with Crippen LogP contribution in [0.25, 0.3) is 17.0 Å². The van der Waals surface area contributed by atoms with Gasteiger partial charge in [-0.1, -0.05) is 18.2 Å². The van der Waals surface area contributed by atoms with Gasteiger partial charge in [-0.25, -0.2) is 4.99 Å². The molecule has 182 valence electrons. The molecule has 9 heteroatoms. The Morgan fingerprint density at radius 1 is 1.14 bits per heavy atom. The number of benzene rings is 2. The number of furan rings is 1. The number of aromatic nitrogens is 1. The number of nitrogens with zero attached hydrogens (tertiary/aromatic N) is 3. The zero-order chi connectivity index (χ0) is 25.1.